The molecule has 2 heterocycles. The third-order valence-corrected chi connectivity index (χ3v) is 3.66. The molecule has 2 aromatic rings. The highest BCUT2D eigenvalue weighted by Gasteiger charge is 2.43. The molecule has 0 saturated heterocycles. The molecule has 0 aliphatic heterocycles. The van der Waals surface area contributed by atoms with Gasteiger partial charge in [0.25, 0.3) is 0 Å². The molecule has 80 valence electrons. The summed E-state index contributed by atoms with van der Waals surface area (Å²) < 4.78 is 6.73. The highest BCUT2D eigenvalue weighted by Crippen LogP contribution is 2.44. The smallest absolute Gasteiger partial charge is 0.234 e. The van der Waals surface area contributed by atoms with Gasteiger partial charge in [-0.05, 0) is 12.8 Å². The fourth-order valence-electron chi connectivity index (χ4n) is 1.43. The molecule has 1 fully saturated rings. The van der Waals surface area contributed by atoms with Crippen LogP contribution in [0.2, 0.25) is 0 Å². The Morgan fingerprint density at radius 2 is 2.33 bits per heavy atom. The van der Waals surface area contributed by atoms with Gasteiger partial charge in [0.1, 0.15) is 11.6 Å². The number of rotatable bonds is 3. The summed E-state index contributed by atoms with van der Waals surface area (Å²) >= 11 is 1.51. The molecule has 1 aliphatic rings. The summed E-state index contributed by atoms with van der Waals surface area (Å²) in [6.45, 7) is 0.419. The van der Waals surface area contributed by atoms with Gasteiger partial charge in [0, 0.05) is 7.11 Å². The zero-order valence-corrected chi connectivity index (χ0v) is 9.12. The molecule has 3 rings (SSSR count). The second-order valence-corrected chi connectivity index (χ2v) is 4.76. The molecule has 1 aliphatic carbocycles. The van der Waals surface area contributed by atoms with Crippen LogP contribution in [0.15, 0.2) is 0 Å². The molecular weight excluding hydrogens is 214 g/mol. The Bertz CT molecular complexity index is 500. The van der Waals surface area contributed by atoms with Crippen LogP contribution in [0.3, 0.4) is 0 Å². The van der Waals surface area contributed by atoms with Crippen molar-refractivity contribution in [2.75, 3.05) is 7.11 Å². The van der Waals surface area contributed by atoms with E-state index < -0.39 is 0 Å². The van der Waals surface area contributed by atoms with Gasteiger partial charge in [-0.25, -0.2) is 0 Å². The van der Waals surface area contributed by atoms with Crippen LogP contribution in [0.4, 0.5) is 0 Å². The van der Waals surface area contributed by atoms with Gasteiger partial charge in [0.2, 0.25) is 4.96 Å². The first kappa shape index (κ1) is 9.20. The number of methoxy groups -OCH3 is 1. The molecule has 0 atom stereocenters. The van der Waals surface area contributed by atoms with Crippen molar-refractivity contribution in [2.45, 2.75) is 25.0 Å². The second-order valence-electron chi connectivity index (χ2n) is 3.81. The van der Waals surface area contributed by atoms with Crippen LogP contribution in [0.25, 0.3) is 4.96 Å². The lowest BCUT2D eigenvalue weighted by Gasteiger charge is -2.00. The van der Waals surface area contributed by atoms with E-state index in [1.54, 1.807) is 11.6 Å². The van der Waals surface area contributed by atoms with E-state index >= 15 is 0 Å². The molecule has 15 heavy (non-hydrogen) atoms. The Hall–Kier alpha value is -1.05. The van der Waals surface area contributed by atoms with Crippen molar-refractivity contribution in [1.29, 1.82) is 0 Å². The van der Waals surface area contributed by atoms with Crippen molar-refractivity contribution >= 4 is 16.3 Å². The van der Waals surface area contributed by atoms with E-state index in [1.165, 1.54) is 11.3 Å². The number of hydrogen-bond donors (Lipinski definition) is 1. The molecule has 0 spiro atoms. The number of hydrogen-bond acceptors (Lipinski definition) is 6. The maximum absolute atomic E-state index is 6.07. The zero-order valence-electron chi connectivity index (χ0n) is 8.30. The molecule has 0 unspecified atom stereocenters. The number of fused-ring (bicyclic) bond motifs is 1. The lowest BCUT2D eigenvalue weighted by Crippen LogP contribution is -2.18. The van der Waals surface area contributed by atoms with E-state index in [1.807, 2.05) is 0 Å². The first-order valence-corrected chi connectivity index (χ1v) is 5.54. The van der Waals surface area contributed by atoms with Gasteiger partial charge in [-0.2, -0.15) is 9.61 Å². The standard InChI is InChI=1S/C8H11N5OS/c1-14-4-5-10-11-7-13(5)12-6(15-7)8(9)2-3-8/h2-4,9H2,1H3. The minimum absolute atomic E-state index is 0.199. The summed E-state index contributed by atoms with van der Waals surface area (Å²) in [5.74, 6) is 0.722. The summed E-state index contributed by atoms with van der Waals surface area (Å²) in [6.07, 6.45) is 2.02. The molecule has 0 aromatic carbocycles. The molecule has 1 saturated carbocycles. The summed E-state index contributed by atoms with van der Waals surface area (Å²) in [4.78, 5) is 0.786. The summed E-state index contributed by atoms with van der Waals surface area (Å²) in [6, 6.07) is 0. The Labute approximate surface area is 90.1 Å². The Morgan fingerprint density at radius 1 is 1.53 bits per heavy atom. The first-order valence-electron chi connectivity index (χ1n) is 4.72. The number of aromatic nitrogens is 4. The van der Waals surface area contributed by atoms with E-state index in [-0.39, 0.29) is 5.54 Å². The highest BCUT2D eigenvalue weighted by molar-refractivity contribution is 7.16. The van der Waals surface area contributed by atoms with Crippen LogP contribution in [0.5, 0.6) is 0 Å². The van der Waals surface area contributed by atoms with Crippen molar-refractivity contribution in [3.8, 4) is 0 Å². The maximum Gasteiger partial charge on any atom is 0.234 e. The molecule has 0 bridgehead atoms. The summed E-state index contributed by atoms with van der Waals surface area (Å²) in [5, 5.41) is 13.4. The van der Waals surface area contributed by atoms with Crippen LogP contribution in [0, 0.1) is 0 Å². The van der Waals surface area contributed by atoms with Gasteiger partial charge in [0.05, 0.1) is 5.54 Å². The maximum atomic E-state index is 6.07. The van der Waals surface area contributed by atoms with Crippen LogP contribution < -0.4 is 5.73 Å². The van der Waals surface area contributed by atoms with E-state index in [9.17, 15) is 0 Å². The Balaban J connectivity index is 2.06. The van der Waals surface area contributed by atoms with Crippen molar-refractivity contribution in [2.24, 2.45) is 5.73 Å². The topological polar surface area (TPSA) is 78.3 Å². The fourth-order valence-corrected chi connectivity index (χ4v) is 2.44. The molecule has 2 N–H and O–H groups in total. The van der Waals surface area contributed by atoms with E-state index in [0.717, 1.165) is 28.6 Å². The Morgan fingerprint density at radius 3 is 3.00 bits per heavy atom. The molecule has 7 heteroatoms. The first-order chi connectivity index (χ1) is 7.23. The SMILES string of the molecule is COCc1nnc2sc(C3(N)CC3)nn12. The second kappa shape index (κ2) is 2.97. The lowest BCUT2D eigenvalue weighted by molar-refractivity contribution is 0.176. The van der Waals surface area contributed by atoms with Gasteiger partial charge in [-0.15, -0.1) is 10.2 Å². The quantitative estimate of drug-likeness (QED) is 0.811. The average Bonchev–Trinajstić information content (AvgIpc) is 2.70. The van der Waals surface area contributed by atoms with Crippen LogP contribution in [0.1, 0.15) is 23.7 Å². The number of nitrogens with two attached hydrogens (primary N) is 1. The minimum Gasteiger partial charge on any atom is -0.377 e. The Kier molecular flexibility index (Phi) is 1.82. The van der Waals surface area contributed by atoms with Crippen molar-refractivity contribution < 1.29 is 4.74 Å². The third-order valence-electron chi connectivity index (χ3n) is 2.54. The van der Waals surface area contributed by atoms with Gasteiger partial charge < -0.3 is 10.5 Å². The van der Waals surface area contributed by atoms with Crippen LogP contribution in [-0.2, 0) is 16.9 Å². The van der Waals surface area contributed by atoms with Crippen molar-refractivity contribution in [3.63, 3.8) is 0 Å². The third kappa shape index (κ3) is 1.35. The van der Waals surface area contributed by atoms with Crippen molar-refractivity contribution in [3.05, 3.63) is 10.8 Å². The highest BCUT2D eigenvalue weighted by atomic mass is 32.1. The van der Waals surface area contributed by atoms with E-state index in [4.69, 9.17) is 10.5 Å². The fraction of sp³-hybridized carbons (Fsp3) is 0.625. The molecule has 2 aromatic heterocycles. The lowest BCUT2D eigenvalue weighted by atomic mass is 10.3. The average molecular weight is 225 g/mol. The largest absolute Gasteiger partial charge is 0.377 e. The predicted octanol–water partition coefficient (Wildman–Crippen LogP) is 0.280. The van der Waals surface area contributed by atoms with Gasteiger partial charge in [0.15, 0.2) is 5.82 Å². The van der Waals surface area contributed by atoms with Crippen molar-refractivity contribution in [1.82, 2.24) is 19.8 Å². The number of ether oxygens (including phenoxy) is 1. The summed E-state index contributed by atoms with van der Waals surface area (Å²) in [5.41, 5.74) is 5.87. The van der Waals surface area contributed by atoms with E-state index in [2.05, 4.69) is 15.3 Å². The van der Waals surface area contributed by atoms with Crippen LogP contribution in [-0.4, -0.2) is 26.9 Å². The zero-order chi connectivity index (χ0) is 10.5. The molecular formula is C8H11N5OS. The molecule has 0 radical (unpaired) electrons. The molecule has 6 nitrogen and oxygen atoms in total. The van der Waals surface area contributed by atoms with E-state index in [0.29, 0.717) is 6.61 Å². The van der Waals surface area contributed by atoms with Crippen LogP contribution >= 0.6 is 11.3 Å². The minimum atomic E-state index is -0.199. The summed E-state index contributed by atoms with van der Waals surface area (Å²) in [7, 11) is 1.62. The monoisotopic (exact) mass is 225 g/mol. The normalized spacial score (nSPS) is 18.5. The van der Waals surface area contributed by atoms with Gasteiger partial charge in [-0.1, -0.05) is 11.3 Å². The van der Waals surface area contributed by atoms with Gasteiger partial charge >= 0.3 is 0 Å². The number of nitrogens with zero attached hydrogens (tertiary/aromatic N) is 4. The van der Waals surface area contributed by atoms with Gasteiger partial charge in [-0.3, -0.25) is 0 Å². The molecule has 0 amide bonds. The predicted molar refractivity (Wildman–Crippen MR) is 54.5 cm³/mol.